The summed E-state index contributed by atoms with van der Waals surface area (Å²) in [6, 6.07) is 7.65. The van der Waals surface area contributed by atoms with Gasteiger partial charge in [-0.3, -0.25) is 9.11 Å². The molecule has 0 heterocycles. The molecule has 116 valence electrons. The lowest BCUT2D eigenvalue weighted by molar-refractivity contribution is 0.381. The molecule has 0 fully saturated rings. The molecule has 0 unspecified atom stereocenters. The number of benzene rings is 1. The number of rotatable bonds is 7. The fraction of sp³-hybridized carbons (Fsp3) is 0.571. The third-order valence-corrected chi connectivity index (χ3v) is 2.79. The zero-order valence-electron chi connectivity index (χ0n) is 11.8. The number of phenolic OH excluding ortho intramolecular Hbond substituents is 1. The van der Waals surface area contributed by atoms with Crippen molar-refractivity contribution in [3.63, 3.8) is 0 Å². The number of aryl methyl sites for hydroxylation is 1. The van der Waals surface area contributed by atoms with Gasteiger partial charge in [-0.15, -0.1) is 0 Å². The average molecular weight is 304 g/mol. The Balaban J connectivity index is 0.000000621. The number of hydrogen-bond acceptors (Lipinski definition) is 3. The maximum Gasteiger partial charge on any atom is 0.394 e. The topological polar surface area (TPSA) is 94.8 Å². The van der Waals surface area contributed by atoms with Crippen LogP contribution in [0, 0.1) is 0 Å². The van der Waals surface area contributed by atoms with Crippen LogP contribution in [0.25, 0.3) is 0 Å². The highest BCUT2D eigenvalue weighted by Gasteiger charge is 1.98. The lowest BCUT2D eigenvalue weighted by Gasteiger charge is -2.03. The van der Waals surface area contributed by atoms with Crippen molar-refractivity contribution in [1.82, 2.24) is 0 Å². The molecule has 1 aromatic carbocycles. The van der Waals surface area contributed by atoms with E-state index >= 15 is 0 Å². The fourth-order valence-electron chi connectivity index (χ4n) is 1.82. The molecule has 0 atom stereocenters. The van der Waals surface area contributed by atoms with Crippen LogP contribution in [-0.2, 0) is 16.8 Å². The molecule has 6 heteroatoms. The molecule has 0 amide bonds. The lowest BCUT2D eigenvalue weighted by Crippen LogP contribution is -1.89. The normalized spacial score (nSPS) is 10.8. The van der Waals surface area contributed by atoms with Crippen molar-refractivity contribution in [2.45, 2.75) is 51.9 Å². The van der Waals surface area contributed by atoms with Gasteiger partial charge in [0.05, 0.1) is 0 Å². The van der Waals surface area contributed by atoms with Crippen molar-refractivity contribution >= 4 is 10.4 Å². The van der Waals surface area contributed by atoms with Gasteiger partial charge in [0.25, 0.3) is 0 Å². The molecular weight excluding hydrogens is 280 g/mol. The summed E-state index contributed by atoms with van der Waals surface area (Å²) in [4.78, 5) is 0. The van der Waals surface area contributed by atoms with Crippen molar-refractivity contribution in [3.8, 4) is 5.75 Å². The number of aromatic hydroxyl groups is 1. The highest BCUT2D eigenvalue weighted by molar-refractivity contribution is 7.79. The monoisotopic (exact) mass is 304 g/mol. The van der Waals surface area contributed by atoms with Crippen LogP contribution >= 0.6 is 0 Å². The van der Waals surface area contributed by atoms with Crippen LogP contribution in [0.5, 0.6) is 5.75 Å². The van der Waals surface area contributed by atoms with E-state index in [-0.39, 0.29) is 0 Å². The van der Waals surface area contributed by atoms with E-state index in [1.165, 1.54) is 38.5 Å². The van der Waals surface area contributed by atoms with Crippen molar-refractivity contribution in [1.29, 1.82) is 0 Å². The van der Waals surface area contributed by atoms with Crippen molar-refractivity contribution in [2.24, 2.45) is 0 Å². The molecular formula is C14H24O5S. The Morgan fingerprint density at radius 3 is 2.00 bits per heavy atom. The number of hydrogen-bond donors (Lipinski definition) is 3. The molecule has 0 saturated heterocycles. The highest BCUT2D eigenvalue weighted by atomic mass is 32.3. The van der Waals surface area contributed by atoms with Gasteiger partial charge in [-0.25, -0.2) is 0 Å². The third kappa shape index (κ3) is 13.3. The van der Waals surface area contributed by atoms with Gasteiger partial charge >= 0.3 is 10.4 Å². The van der Waals surface area contributed by atoms with Gasteiger partial charge in [0.2, 0.25) is 0 Å². The molecule has 0 radical (unpaired) electrons. The van der Waals surface area contributed by atoms with E-state index in [4.69, 9.17) is 17.5 Å². The maximum absolute atomic E-state index is 9.55. The summed E-state index contributed by atoms with van der Waals surface area (Å²) >= 11 is 0. The summed E-state index contributed by atoms with van der Waals surface area (Å²) in [5, 5.41) is 9.55. The van der Waals surface area contributed by atoms with Gasteiger partial charge in [0, 0.05) is 0 Å². The predicted octanol–water partition coefficient (Wildman–Crippen LogP) is 3.64. The van der Waals surface area contributed by atoms with Gasteiger partial charge in [-0.2, -0.15) is 8.42 Å². The largest absolute Gasteiger partial charge is 0.508 e. The summed E-state index contributed by atoms with van der Waals surface area (Å²) in [6.45, 7) is 2.24. The van der Waals surface area contributed by atoms with E-state index in [1.807, 2.05) is 18.2 Å². The molecule has 0 bridgehead atoms. The van der Waals surface area contributed by atoms with Crippen LogP contribution in [0.4, 0.5) is 0 Å². The van der Waals surface area contributed by atoms with E-state index in [2.05, 4.69) is 6.92 Å². The van der Waals surface area contributed by atoms with Crippen molar-refractivity contribution in [2.75, 3.05) is 0 Å². The van der Waals surface area contributed by atoms with E-state index < -0.39 is 10.4 Å². The Bertz CT molecular complexity index is 448. The Hall–Kier alpha value is -1.11. The number of para-hydroxylation sites is 1. The molecule has 0 spiro atoms. The fourth-order valence-corrected chi connectivity index (χ4v) is 1.82. The SMILES string of the molecule is CCCCCCCCc1ccccc1O.O=S(=O)(O)O. The first-order valence-electron chi connectivity index (χ1n) is 6.81. The van der Waals surface area contributed by atoms with E-state index in [0.29, 0.717) is 5.75 Å². The van der Waals surface area contributed by atoms with E-state index in [1.54, 1.807) is 6.07 Å². The summed E-state index contributed by atoms with van der Waals surface area (Å²) in [7, 11) is -4.67. The molecule has 1 rings (SSSR count). The summed E-state index contributed by atoms with van der Waals surface area (Å²) in [5.74, 6) is 0.450. The Morgan fingerprint density at radius 1 is 0.950 bits per heavy atom. The zero-order chi connectivity index (χ0) is 15.4. The van der Waals surface area contributed by atoms with Crippen LogP contribution in [0.3, 0.4) is 0 Å². The van der Waals surface area contributed by atoms with Gasteiger partial charge in [0.1, 0.15) is 5.75 Å². The van der Waals surface area contributed by atoms with Crippen molar-refractivity contribution in [3.05, 3.63) is 29.8 Å². The Labute approximate surface area is 121 Å². The second kappa shape index (κ2) is 10.7. The minimum Gasteiger partial charge on any atom is -0.508 e. The van der Waals surface area contributed by atoms with Crippen LogP contribution in [0.15, 0.2) is 24.3 Å². The van der Waals surface area contributed by atoms with Crippen molar-refractivity contribution < 1.29 is 22.6 Å². The minimum absolute atomic E-state index is 0.450. The van der Waals surface area contributed by atoms with Gasteiger partial charge in [0.15, 0.2) is 0 Å². The average Bonchev–Trinajstić information content (AvgIpc) is 2.33. The predicted molar refractivity (Wildman–Crippen MR) is 79.4 cm³/mol. The first-order valence-corrected chi connectivity index (χ1v) is 8.21. The van der Waals surface area contributed by atoms with E-state index in [9.17, 15) is 5.11 Å². The van der Waals surface area contributed by atoms with Gasteiger partial charge in [-0.05, 0) is 24.5 Å². The standard InChI is InChI=1S/C14H22O.H2O4S/c1-2-3-4-5-6-7-10-13-11-8-9-12-14(13)15;1-5(2,3)4/h8-9,11-12,15H,2-7,10H2,1H3;(H2,1,2,3,4). The van der Waals surface area contributed by atoms with Crippen LogP contribution < -0.4 is 0 Å². The third-order valence-electron chi connectivity index (χ3n) is 2.79. The highest BCUT2D eigenvalue weighted by Crippen LogP contribution is 2.18. The first kappa shape index (κ1) is 18.9. The lowest BCUT2D eigenvalue weighted by atomic mass is 10.0. The smallest absolute Gasteiger partial charge is 0.394 e. The quantitative estimate of drug-likeness (QED) is 0.528. The second-order valence-electron chi connectivity index (χ2n) is 4.59. The molecule has 1 aromatic rings. The summed E-state index contributed by atoms with van der Waals surface area (Å²) < 4.78 is 31.6. The zero-order valence-corrected chi connectivity index (χ0v) is 12.6. The van der Waals surface area contributed by atoms with Crippen LogP contribution in [-0.4, -0.2) is 22.6 Å². The summed E-state index contributed by atoms with van der Waals surface area (Å²) in [6.07, 6.45) is 8.85. The van der Waals surface area contributed by atoms with E-state index in [0.717, 1.165) is 12.0 Å². The Kier molecular flexibility index (Phi) is 10.1. The molecule has 0 aliphatic rings. The maximum atomic E-state index is 9.55. The molecule has 0 aliphatic carbocycles. The van der Waals surface area contributed by atoms with Crippen LogP contribution in [0.1, 0.15) is 51.0 Å². The number of unbranched alkanes of at least 4 members (excludes halogenated alkanes) is 5. The molecule has 0 aliphatic heterocycles. The van der Waals surface area contributed by atoms with Crippen LogP contribution in [0.2, 0.25) is 0 Å². The number of phenols is 1. The molecule has 20 heavy (non-hydrogen) atoms. The van der Waals surface area contributed by atoms with Gasteiger partial charge in [-0.1, -0.05) is 57.2 Å². The minimum atomic E-state index is -4.67. The summed E-state index contributed by atoms with van der Waals surface area (Å²) in [5.41, 5.74) is 1.09. The molecule has 0 saturated carbocycles. The van der Waals surface area contributed by atoms with Gasteiger partial charge < -0.3 is 5.11 Å². The molecule has 3 N–H and O–H groups in total. The second-order valence-corrected chi connectivity index (χ2v) is 5.49. The Morgan fingerprint density at radius 2 is 1.45 bits per heavy atom. The first-order chi connectivity index (χ1) is 9.34. The molecule has 0 aromatic heterocycles. The molecule has 5 nitrogen and oxygen atoms in total.